The molecule has 1 unspecified atom stereocenters. The average Bonchev–Trinajstić information content (AvgIpc) is 2.66. The van der Waals surface area contributed by atoms with Gasteiger partial charge in [-0.1, -0.05) is 12.8 Å². The van der Waals surface area contributed by atoms with Crippen molar-refractivity contribution in [1.82, 2.24) is 4.31 Å². The van der Waals surface area contributed by atoms with Crippen LogP contribution in [0.5, 0.6) is 0 Å². The highest BCUT2D eigenvalue weighted by Crippen LogP contribution is 2.28. The first kappa shape index (κ1) is 16.3. The van der Waals surface area contributed by atoms with E-state index in [-0.39, 0.29) is 11.6 Å². The minimum absolute atomic E-state index is 0.0370. The van der Waals surface area contributed by atoms with E-state index in [0.29, 0.717) is 19.4 Å². The van der Waals surface area contributed by atoms with Crippen LogP contribution in [0.1, 0.15) is 38.2 Å². The minimum Gasteiger partial charge on any atom is -0.392 e. The third-order valence-corrected chi connectivity index (χ3v) is 5.83. The number of sulfonamides is 1. The molecule has 21 heavy (non-hydrogen) atoms. The first-order valence-corrected chi connectivity index (χ1v) is 8.42. The maximum atomic E-state index is 13.9. The summed E-state index contributed by atoms with van der Waals surface area (Å²) in [6.45, 7) is 1.52. The molecule has 7 heteroatoms. The van der Waals surface area contributed by atoms with Gasteiger partial charge in [0.05, 0.1) is 6.61 Å². The summed E-state index contributed by atoms with van der Waals surface area (Å²) >= 11 is 0. The number of aliphatic hydroxyl groups excluding tert-OH is 1. The van der Waals surface area contributed by atoms with Crippen LogP contribution >= 0.6 is 0 Å². The van der Waals surface area contributed by atoms with Crippen LogP contribution in [0.4, 0.5) is 8.78 Å². The summed E-state index contributed by atoms with van der Waals surface area (Å²) in [5, 5.41) is 9.05. The Morgan fingerprint density at radius 2 is 2.00 bits per heavy atom. The number of benzene rings is 1. The van der Waals surface area contributed by atoms with Crippen molar-refractivity contribution in [1.29, 1.82) is 0 Å². The smallest absolute Gasteiger partial charge is 0.246 e. The summed E-state index contributed by atoms with van der Waals surface area (Å²) in [5.74, 6) is -2.65. The fourth-order valence-corrected chi connectivity index (χ4v) is 4.45. The van der Waals surface area contributed by atoms with Gasteiger partial charge in [0.1, 0.15) is 4.90 Å². The van der Waals surface area contributed by atoms with Gasteiger partial charge in [0.15, 0.2) is 11.6 Å². The van der Waals surface area contributed by atoms with Crippen LogP contribution in [0.25, 0.3) is 0 Å². The van der Waals surface area contributed by atoms with Crippen molar-refractivity contribution in [3.8, 4) is 0 Å². The van der Waals surface area contributed by atoms with Crippen molar-refractivity contribution >= 4 is 10.0 Å². The molecule has 1 aliphatic rings. The first-order valence-electron chi connectivity index (χ1n) is 6.98. The summed E-state index contributed by atoms with van der Waals surface area (Å²) in [4.78, 5) is -0.694. The predicted octanol–water partition coefficient (Wildman–Crippen LogP) is 2.41. The van der Waals surface area contributed by atoms with E-state index in [4.69, 9.17) is 5.11 Å². The molecule has 1 heterocycles. The molecule has 4 nitrogen and oxygen atoms in total. The summed E-state index contributed by atoms with van der Waals surface area (Å²) in [6, 6.07) is 1.56. The Morgan fingerprint density at radius 1 is 1.29 bits per heavy atom. The Hall–Kier alpha value is -1.05. The molecule has 1 aromatic rings. The van der Waals surface area contributed by atoms with Gasteiger partial charge in [0.2, 0.25) is 10.0 Å². The number of aliphatic hydroxyl groups is 1. The molecule has 1 saturated heterocycles. The zero-order valence-electron chi connectivity index (χ0n) is 11.8. The molecule has 0 aromatic heterocycles. The maximum Gasteiger partial charge on any atom is 0.246 e. The Morgan fingerprint density at radius 3 is 2.67 bits per heavy atom. The van der Waals surface area contributed by atoms with Crippen molar-refractivity contribution < 1.29 is 22.3 Å². The van der Waals surface area contributed by atoms with E-state index in [1.54, 1.807) is 6.92 Å². The van der Waals surface area contributed by atoms with Gasteiger partial charge < -0.3 is 5.11 Å². The zero-order chi connectivity index (χ0) is 15.6. The van der Waals surface area contributed by atoms with E-state index in [2.05, 4.69) is 0 Å². The van der Waals surface area contributed by atoms with Crippen molar-refractivity contribution in [2.24, 2.45) is 0 Å². The second kappa shape index (κ2) is 6.37. The largest absolute Gasteiger partial charge is 0.392 e. The molecule has 0 amide bonds. The number of rotatable bonds is 3. The normalized spacial score (nSPS) is 21.2. The second-order valence-electron chi connectivity index (χ2n) is 5.36. The van der Waals surface area contributed by atoms with Gasteiger partial charge in [-0.3, -0.25) is 0 Å². The topological polar surface area (TPSA) is 57.6 Å². The average molecular weight is 319 g/mol. The maximum absolute atomic E-state index is 13.9. The summed E-state index contributed by atoms with van der Waals surface area (Å²) in [6.07, 6.45) is 3.24. The minimum atomic E-state index is -4.11. The van der Waals surface area contributed by atoms with Gasteiger partial charge in [-0.15, -0.1) is 0 Å². The molecule has 0 bridgehead atoms. The number of halogens is 2. The molecular formula is C14H19F2NO3S. The SMILES string of the molecule is CC1CCCCCN1S(=O)(=O)c1cc(CO)cc(F)c1F. The molecule has 1 N–H and O–H groups in total. The quantitative estimate of drug-likeness (QED) is 0.931. The molecule has 0 radical (unpaired) electrons. The Balaban J connectivity index is 2.50. The first-order chi connectivity index (χ1) is 9.87. The molecular weight excluding hydrogens is 300 g/mol. The molecule has 0 saturated carbocycles. The van der Waals surface area contributed by atoms with Crippen LogP contribution < -0.4 is 0 Å². The van der Waals surface area contributed by atoms with E-state index >= 15 is 0 Å². The van der Waals surface area contributed by atoms with Gasteiger partial charge in [-0.25, -0.2) is 17.2 Å². The highest BCUT2D eigenvalue weighted by molar-refractivity contribution is 7.89. The van der Waals surface area contributed by atoms with Gasteiger partial charge in [0.25, 0.3) is 0 Å². The van der Waals surface area contributed by atoms with Crippen molar-refractivity contribution in [2.75, 3.05) is 6.54 Å². The second-order valence-corrected chi connectivity index (χ2v) is 7.22. The fourth-order valence-electron chi connectivity index (χ4n) is 2.63. The van der Waals surface area contributed by atoms with E-state index in [1.165, 1.54) is 4.31 Å². The van der Waals surface area contributed by atoms with Crippen LogP contribution in [0.2, 0.25) is 0 Å². The van der Waals surface area contributed by atoms with Gasteiger partial charge in [0, 0.05) is 12.6 Å². The summed E-state index contributed by atoms with van der Waals surface area (Å²) in [5.41, 5.74) is 0.0370. The van der Waals surface area contributed by atoms with Crippen molar-refractivity contribution in [3.63, 3.8) is 0 Å². The van der Waals surface area contributed by atoms with Crippen LogP contribution in [-0.4, -0.2) is 30.4 Å². The number of hydrogen-bond donors (Lipinski definition) is 1. The van der Waals surface area contributed by atoms with Crippen LogP contribution in [0.3, 0.4) is 0 Å². The van der Waals surface area contributed by atoms with E-state index in [0.717, 1.165) is 25.0 Å². The van der Waals surface area contributed by atoms with Crippen LogP contribution in [0, 0.1) is 11.6 Å². The molecule has 0 aliphatic carbocycles. The number of hydrogen-bond acceptors (Lipinski definition) is 3. The Kier molecular flexibility index (Phi) is 4.95. The lowest BCUT2D eigenvalue weighted by Gasteiger charge is -2.26. The fraction of sp³-hybridized carbons (Fsp3) is 0.571. The molecule has 2 rings (SSSR count). The molecule has 1 fully saturated rings. The van der Waals surface area contributed by atoms with E-state index < -0.39 is 33.2 Å². The molecule has 0 spiro atoms. The van der Waals surface area contributed by atoms with Crippen LogP contribution in [0.15, 0.2) is 17.0 Å². The molecule has 118 valence electrons. The van der Waals surface area contributed by atoms with Crippen LogP contribution in [-0.2, 0) is 16.6 Å². The van der Waals surface area contributed by atoms with Crippen molar-refractivity contribution in [3.05, 3.63) is 29.3 Å². The highest BCUT2D eigenvalue weighted by Gasteiger charge is 2.33. The Labute approximate surface area is 123 Å². The lowest BCUT2D eigenvalue weighted by atomic mass is 10.1. The lowest BCUT2D eigenvalue weighted by molar-refractivity contribution is 0.280. The Bertz CT molecular complexity index is 619. The number of nitrogens with zero attached hydrogens (tertiary/aromatic N) is 1. The van der Waals surface area contributed by atoms with Gasteiger partial charge in [-0.05, 0) is 37.5 Å². The standard InChI is InChI=1S/C14H19F2NO3S/c1-10-5-3-2-4-6-17(10)21(19,20)13-8-11(9-18)7-12(15)14(13)16/h7-8,10,18H,2-6,9H2,1H3. The molecule has 1 aromatic carbocycles. The lowest BCUT2D eigenvalue weighted by Crippen LogP contribution is -2.38. The van der Waals surface area contributed by atoms with Crippen molar-refractivity contribution in [2.45, 2.75) is 50.2 Å². The third kappa shape index (κ3) is 3.25. The van der Waals surface area contributed by atoms with E-state index in [9.17, 15) is 17.2 Å². The highest BCUT2D eigenvalue weighted by atomic mass is 32.2. The summed E-state index contributed by atoms with van der Waals surface area (Å²) < 4.78 is 54.0. The molecule has 1 atom stereocenters. The predicted molar refractivity (Wildman–Crippen MR) is 74.1 cm³/mol. The zero-order valence-corrected chi connectivity index (χ0v) is 12.7. The monoisotopic (exact) mass is 319 g/mol. The van der Waals surface area contributed by atoms with E-state index in [1.807, 2.05) is 0 Å². The molecule has 1 aliphatic heterocycles. The van der Waals surface area contributed by atoms with Gasteiger partial charge in [-0.2, -0.15) is 4.31 Å². The third-order valence-electron chi connectivity index (χ3n) is 3.82. The van der Waals surface area contributed by atoms with Gasteiger partial charge >= 0.3 is 0 Å². The summed E-state index contributed by atoms with van der Waals surface area (Å²) in [7, 11) is -4.11.